The van der Waals surface area contributed by atoms with Gasteiger partial charge in [0.15, 0.2) is 11.0 Å². The molecule has 0 radical (unpaired) electrons. The molecular formula is C19H21N5O2S2. The molecule has 146 valence electrons. The van der Waals surface area contributed by atoms with Gasteiger partial charge in [0.05, 0.1) is 10.1 Å². The number of nitrogens with one attached hydrogen (secondary N) is 1. The molecule has 0 bridgehead atoms. The number of hydrogen-bond donors (Lipinski definition) is 2. The Morgan fingerprint density at radius 2 is 1.93 bits per heavy atom. The molecule has 3 N–H and O–H groups in total. The Morgan fingerprint density at radius 3 is 2.54 bits per heavy atom. The van der Waals surface area contributed by atoms with Crippen LogP contribution in [0.15, 0.2) is 40.9 Å². The van der Waals surface area contributed by atoms with E-state index in [0.29, 0.717) is 11.0 Å². The summed E-state index contributed by atoms with van der Waals surface area (Å²) in [5.41, 5.74) is 8.22. The van der Waals surface area contributed by atoms with E-state index < -0.39 is 11.2 Å². The van der Waals surface area contributed by atoms with E-state index >= 15 is 0 Å². The lowest BCUT2D eigenvalue weighted by molar-refractivity contribution is -0.118. The molecule has 7 nitrogen and oxygen atoms in total. The number of hydrogen-bond acceptors (Lipinski definition) is 6. The topological polar surface area (TPSA) is 103 Å². The van der Waals surface area contributed by atoms with Crippen LogP contribution in [0.3, 0.4) is 0 Å². The number of primary amides is 1. The van der Waals surface area contributed by atoms with Crippen molar-refractivity contribution in [2.75, 3.05) is 5.32 Å². The van der Waals surface area contributed by atoms with Crippen molar-refractivity contribution in [2.24, 2.45) is 5.73 Å². The molecule has 0 spiro atoms. The fourth-order valence-electron chi connectivity index (χ4n) is 2.71. The van der Waals surface area contributed by atoms with Crippen LogP contribution in [0, 0.1) is 13.8 Å². The van der Waals surface area contributed by atoms with Crippen LogP contribution < -0.4 is 11.1 Å². The molecular weight excluding hydrogens is 394 g/mol. The van der Waals surface area contributed by atoms with Crippen LogP contribution in [0.5, 0.6) is 0 Å². The van der Waals surface area contributed by atoms with Gasteiger partial charge in [-0.15, -0.1) is 21.5 Å². The molecule has 28 heavy (non-hydrogen) atoms. The van der Waals surface area contributed by atoms with E-state index in [4.69, 9.17) is 5.73 Å². The molecule has 0 saturated heterocycles. The van der Waals surface area contributed by atoms with Gasteiger partial charge in [-0.3, -0.25) is 14.2 Å². The molecule has 0 saturated carbocycles. The number of nitrogens with zero attached hydrogens (tertiary/aromatic N) is 3. The molecule has 1 atom stereocenters. The van der Waals surface area contributed by atoms with Crippen LogP contribution >= 0.6 is 23.1 Å². The first kappa shape index (κ1) is 20.1. The minimum Gasteiger partial charge on any atom is -0.368 e. The molecule has 3 rings (SSSR count). The summed E-state index contributed by atoms with van der Waals surface area (Å²) in [6.07, 6.45) is 0. The van der Waals surface area contributed by atoms with Crippen LogP contribution in [0.4, 0.5) is 5.69 Å². The van der Waals surface area contributed by atoms with Gasteiger partial charge in [0.2, 0.25) is 11.8 Å². The van der Waals surface area contributed by atoms with E-state index in [1.807, 2.05) is 49.6 Å². The zero-order chi connectivity index (χ0) is 20.3. The molecule has 3 aromatic rings. The summed E-state index contributed by atoms with van der Waals surface area (Å²) in [4.78, 5) is 25.1. The predicted molar refractivity (Wildman–Crippen MR) is 112 cm³/mol. The summed E-state index contributed by atoms with van der Waals surface area (Å²) in [6, 6.07) is 9.67. The standard InChI is InChI=1S/C19H21N5O2S2/c1-11-6-4-7-12(2)16(11)21-18(26)13(3)28-19-23-22-17(14-8-5-9-27-14)24(19)10-15(20)25/h4-9,13H,10H2,1-3H3,(H2,20,25)(H,21,26). The molecule has 0 fully saturated rings. The lowest BCUT2D eigenvalue weighted by Gasteiger charge is -2.15. The van der Waals surface area contributed by atoms with Crippen LogP contribution in [-0.2, 0) is 16.1 Å². The second kappa shape index (κ2) is 8.57. The summed E-state index contributed by atoms with van der Waals surface area (Å²) in [5.74, 6) is -0.0700. The third-order valence-corrected chi connectivity index (χ3v) is 6.10. The number of thiophene rings is 1. The molecule has 2 heterocycles. The number of amides is 2. The maximum absolute atomic E-state index is 12.7. The molecule has 9 heteroatoms. The van der Waals surface area contributed by atoms with Gasteiger partial charge in [0.1, 0.15) is 6.54 Å². The Labute approximate surface area is 171 Å². The van der Waals surface area contributed by atoms with Crippen LogP contribution in [0.25, 0.3) is 10.7 Å². The van der Waals surface area contributed by atoms with Crippen LogP contribution in [0.1, 0.15) is 18.1 Å². The van der Waals surface area contributed by atoms with Gasteiger partial charge in [-0.25, -0.2) is 0 Å². The molecule has 2 amide bonds. The number of aryl methyl sites for hydroxylation is 2. The molecule has 1 aromatic carbocycles. The fourth-order valence-corrected chi connectivity index (χ4v) is 4.28. The summed E-state index contributed by atoms with van der Waals surface area (Å²) in [7, 11) is 0. The van der Waals surface area contributed by atoms with Gasteiger partial charge in [-0.2, -0.15) is 0 Å². The van der Waals surface area contributed by atoms with Crippen LogP contribution in [-0.4, -0.2) is 31.8 Å². The lowest BCUT2D eigenvalue weighted by Crippen LogP contribution is -2.25. The van der Waals surface area contributed by atoms with Gasteiger partial charge < -0.3 is 11.1 Å². The maximum Gasteiger partial charge on any atom is 0.237 e. The fraction of sp³-hybridized carbons (Fsp3) is 0.263. The Bertz CT molecular complexity index is 978. The quantitative estimate of drug-likeness (QED) is 0.577. The third-order valence-electron chi connectivity index (χ3n) is 4.15. The smallest absolute Gasteiger partial charge is 0.237 e. The highest BCUT2D eigenvalue weighted by Crippen LogP contribution is 2.30. The number of carbonyl (C=O) groups is 2. The van der Waals surface area contributed by atoms with Gasteiger partial charge in [-0.05, 0) is 43.3 Å². The molecule has 1 unspecified atom stereocenters. The maximum atomic E-state index is 12.7. The minimum atomic E-state index is -0.493. The van der Waals surface area contributed by atoms with Crippen molar-refractivity contribution < 1.29 is 9.59 Å². The first-order valence-corrected chi connectivity index (χ1v) is 10.4. The number of rotatable bonds is 7. The minimum absolute atomic E-state index is 0.0478. The molecule has 0 aliphatic carbocycles. The number of para-hydroxylation sites is 1. The molecule has 2 aromatic heterocycles. The van der Waals surface area contributed by atoms with Crippen molar-refractivity contribution in [1.82, 2.24) is 14.8 Å². The normalized spacial score (nSPS) is 12.0. The highest BCUT2D eigenvalue weighted by molar-refractivity contribution is 8.00. The first-order valence-electron chi connectivity index (χ1n) is 8.66. The Morgan fingerprint density at radius 1 is 1.21 bits per heavy atom. The predicted octanol–water partition coefficient (Wildman–Crippen LogP) is 3.23. The number of carbonyl (C=O) groups excluding carboxylic acids is 2. The molecule has 0 aliphatic heterocycles. The number of thioether (sulfide) groups is 1. The van der Waals surface area contributed by atoms with E-state index in [-0.39, 0.29) is 12.5 Å². The zero-order valence-electron chi connectivity index (χ0n) is 15.8. The van der Waals surface area contributed by atoms with Crippen molar-refractivity contribution in [1.29, 1.82) is 0 Å². The van der Waals surface area contributed by atoms with Crippen molar-refractivity contribution in [2.45, 2.75) is 37.7 Å². The SMILES string of the molecule is Cc1cccc(C)c1NC(=O)C(C)Sc1nnc(-c2cccs2)n1CC(N)=O. The van der Waals surface area contributed by atoms with Gasteiger partial charge in [0, 0.05) is 5.69 Å². The average molecular weight is 416 g/mol. The monoisotopic (exact) mass is 415 g/mol. The second-order valence-electron chi connectivity index (χ2n) is 6.35. The average Bonchev–Trinajstić information content (AvgIpc) is 3.28. The Kier molecular flexibility index (Phi) is 6.15. The number of benzene rings is 1. The van der Waals surface area contributed by atoms with E-state index in [1.54, 1.807) is 11.5 Å². The van der Waals surface area contributed by atoms with Crippen molar-refractivity contribution >= 4 is 40.6 Å². The largest absolute Gasteiger partial charge is 0.368 e. The summed E-state index contributed by atoms with van der Waals surface area (Å²) < 4.78 is 1.65. The highest BCUT2D eigenvalue weighted by Gasteiger charge is 2.22. The van der Waals surface area contributed by atoms with Gasteiger partial charge >= 0.3 is 0 Å². The summed E-state index contributed by atoms with van der Waals surface area (Å²) >= 11 is 2.74. The molecule has 0 aliphatic rings. The van der Waals surface area contributed by atoms with Gasteiger partial charge in [0.25, 0.3) is 0 Å². The highest BCUT2D eigenvalue weighted by atomic mass is 32.2. The van der Waals surface area contributed by atoms with Crippen molar-refractivity contribution in [3.05, 3.63) is 46.8 Å². The third kappa shape index (κ3) is 4.42. The number of aromatic nitrogens is 3. The second-order valence-corrected chi connectivity index (χ2v) is 8.61. The summed E-state index contributed by atoms with van der Waals surface area (Å²) in [5, 5.41) is 13.3. The Hall–Kier alpha value is -2.65. The van der Waals surface area contributed by atoms with E-state index in [0.717, 1.165) is 21.7 Å². The summed E-state index contributed by atoms with van der Waals surface area (Å²) in [6.45, 7) is 5.66. The van der Waals surface area contributed by atoms with Crippen molar-refractivity contribution in [3.63, 3.8) is 0 Å². The van der Waals surface area contributed by atoms with Crippen molar-refractivity contribution in [3.8, 4) is 10.7 Å². The zero-order valence-corrected chi connectivity index (χ0v) is 17.4. The van der Waals surface area contributed by atoms with E-state index in [9.17, 15) is 9.59 Å². The lowest BCUT2D eigenvalue weighted by atomic mass is 10.1. The Balaban J connectivity index is 1.80. The van der Waals surface area contributed by atoms with Crippen LogP contribution in [0.2, 0.25) is 0 Å². The first-order chi connectivity index (χ1) is 13.4. The van der Waals surface area contributed by atoms with Gasteiger partial charge in [-0.1, -0.05) is 36.0 Å². The van der Waals surface area contributed by atoms with E-state index in [2.05, 4.69) is 15.5 Å². The number of anilines is 1. The number of nitrogens with two attached hydrogens (primary N) is 1. The van der Waals surface area contributed by atoms with E-state index in [1.165, 1.54) is 23.1 Å².